The fourth-order valence-electron chi connectivity index (χ4n) is 4.43. The Hall–Kier alpha value is -1.61. The molecule has 178 valence electrons. The van der Waals surface area contributed by atoms with Crippen molar-refractivity contribution in [2.24, 2.45) is 0 Å². The molecule has 5 rings (SSSR count). The summed E-state index contributed by atoms with van der Waals surface area (Å²) in [6.45, 7) is 1.91. The van der Waals surface area contributed by atoms with Crippen LogP contribution in [0.15, 0.2) is 51.4 Å². The lowest BCUT2D eigenvalue weighted by atomic mass is 9.86. The molecule has 3 aromatic rings. The molecular weight excluding hydrogens is 666 g/mol. The van der Waals surface area contributed by atoms with Crippen molar-refractivity contribution in [3.8, 4) is 0 Å². The molecule has 3 amide bonds. The van der Waals surface area contributed by atoms with Crippen LogP contribution < -0.4 is 4.90 Å². The number of carbonyl (C=O) groups is 3. The number of anilines is 1. The van der Waals surface area contributed by atoms with Gasteiger partial charge >= 0.3 is 0 Å². The topological polar surface area (TPSA) is 57.7 Å². The predicted octanol–water partition coefficient (Wildman–Crippen LogP) is 7.89. The van der Waals surface area contributed by atoms with Crippen molar-refractivity contribution in [3.63, 3.8) is 0 Å². The summed E-state index contributed by atoms with van der Waals surface area (Å²) in [6, 6.07) is 11.1. The number of imide groups is 1. The minimum absolute atomic E-state index is 0.129. The molecule has 0 bridgehead atoms. The maximum Gasteiger partial charge on any atom is 0.264 e. The molecule has 0 unspecified atom stereocenters. The van der Waals surface area contributed by atoms with Crippen LogP contribution in [0.25, 0.3) is 0 Å². The van der Waals surface area contributed by atoms with E-state index in [1.807, 2.05) is 43.3 Å². The highest BCUT2D eigenvalue weighted by molar-refractivity contribution is 9.10. The molecule has 0 N–H and O–H groups in total. The van der Waals surface area contributed by atoms with Crippen molar-refractivity contribution in [3.05, 3.63) is 93.8 Å². The van der Waals surface area contributed by atoms with E-state index >= 15 is 0 Å². The van der Waals surface area contributed by atoms with Crippen molar-refractivity contribution in [2.45, 2.75) is 19.0 Å². The summed E-state index contributed by atoms with van der Waals surface area (Å²) in [5.41, 5.74) is 1.98. The van der Waals surface area contributed by atoms with E-state index in [0.29, 0.717) is 5.69 Å². The van der Waals surface area contributed by atoms with Gasteiger partial charge in [-0.15, -0.1) is 0 Å². The Morgan fingerprint density at radius 3 is 1.89 bits per heavy atom. The molecule has 2 atom stereocenters. The molecular formula is C24H12Br2Cl4N2O3. The van der Waals surface area contributed by atoms with Gasteiger partial charge in [-0.3, -0.25) is 19.3 Å². The van der Waals surface area contributed by atoms with E-state index in [0.717, 1.165) is 25.0 Å². The molecule has 11 heteroatoms. The first kappa shape index (κ1) is 25.1. The average Bonchev–Trinajstić information content (AvgIpc) is 3.07. The van der Waals surface area contributed by atoms with Crippen molar-refractivity contribution >= 4 is 102 Å². The standard InChI is InChI=1S/C24H12Br2Cl4N2O3/c1-9-7-12(5-6-13(9)26)31-20(10-3-2-4-11(25)8-10)21(24(31)35)32-22(33)14-15(23(32)34)17(28)19(30)18(29)16(14)27/h2-8,20-21H,1H3/t20-,21-/m0/s1. The van der Waals surface area contributed by atoms with Crippen molar-refractivity contribution in [1.82, 2.24) is 4.90 Å². The highest BCUT2D eigenvalue weighted by atomic mass is 79.9. The van der Waals surface area contributed by atoms with Gasteiger partial charge in [0.1, 0.15) is 6.04 Å². The van der Waals surface area contributed by atoms with Crippen LogP contribution in [0.1, 0.15) is 37.9 Å². The van der Waals surface area contributed by atoms with Crippen molar-refractivity contribution in [1.29, 1.82) is 0 Å². The van der Waals surface area contributed by atoms with E-state index in [2.05, 4.69) is 31.9 Å². The summed E-state index contributed by atoms with van der Waals surface area (Å²) in [4.78, 5) is 43.0. The van der Waals surface area contributed by atoms with E-state index in [1.54, 1.807) is 11.0 Å². The van der Waals surface area contributed by atoms with Gasteiger partial charge in [0, 0.05) is 14.6 Å². The second-order valence-corrected chi connectivity index (χ2v) is 11.4. The number of fused-ring (bicyclic) bond motifs is 1. The van der Waals surface area contributed by atoms with Gasteiger partial charge < -0.3 is 4.90 Å². The van der Waals surface area contributed by atoms with Gasteiger partial charge in [-0.1, -0.05) is 90.4 Å². The molecule has 2 heterocycles. The molecule has 0 spiro atoms. The van der Waals surface area contributed by atoms with Gasteiger partial charge in [0.15, 0.2) is 0 Å². The molecule has 2 aliphatic rings. The number of carbonyl (C=O) groups excluding carboxylic acids is 3. The Morgan fingerprint density at radius 1 is 0.743 bits per heavy atom. The summed E-state index contributed by atoms with van der Waals surface area (Å²) in [5.74, 6) is -1.92. The summed E-state index contributed by atoms with van der Waals surface area (Å²) in [5, 5.41) is -0.614. The van der Waals surface area contributed by atoms with Crippen LogP contribution in [0.4, 0.5) is 5.69 Å². The number of hydrogen-bond donors (Lipinski definition) is 0. The molecule has 0 aromatic heterocycles. The second kappa shape index (κ2) is 9.05. The number of nitrogens with zero attached hydrogens (tertiary/aromatic N) is 2. The third-order valence-electron chi connectivity index (χ3n) is 6.09. The van der Waals surface area contributed by atoms with Gasteiger partial charge in [-0.2, -0.15) is 0 Å². The van der Waals surface area contributed by atoms with Gasteiger partial charge in [-0.05, 0) is 48.4 Å². The lowest BCUT2D eigenvalue weighted by molar-refractivity contribution is -0.130. The molecule has 35 heavy (non-hydrogen) atoms. The number of hydrogen-bond acceptors (Lipinski definition) is 3. The van der Waals surface area contributed by atoms with Crippen LogP contribution in [0.5, 0.6) is 0 Å². The zero-order valence-electron chi connectivity index (χ0n) is 17.6. The average molecular weight is 678 g/mol. The monoisotopic (exact) mass is 674 g/mol. The first-order chi connectivity index (χ1) is 16.5. The normalized spacial score (nSPS) is 19.3. The van der Waals surface area contributed by atoms with Crippen LogP contribution in [0.2, 0.25) is 20.1 Å². The summed E-state index contributed by atoms with van der Waals surface area (Å²) < 4.78 is 1.68. The molecule has 0 saturated carbocycles. The third kappa shape index (κ3) is 3.74. The van der Waals surface area contributed by atoms with Gasteiger partial charge in [0.2, 0.25) is 0 Å². The summed E-state index contributed by atoms with van der Waals surface area (Å²) in [7, 11) is 0. The molecule has 5 nitrogen and oxygen atoms in total. The second-order valence-electron chi connectivity index (χ2n) is 8.07. The fourth-order valence-corrected chi connectivity index (χ4v) is 6.11. The number of rotatable bonds is 3. The largest absolute Gasteiger partial charge is 0.300 e. The Morgan fingerprint density at radius 2 is 1.34 bits per heavy atom. The predicted molar refractivity (Wildman–Crippen MR) is 144 cm³/mol. The smallest absolute Gasteiger partial charge is 0.264 e. The number of amides is 3. The molecule has 1 saturated heterocycles. The summed E-state index contributed by atoms with van der Waals surface area (Å²) >= 11 is 31.8. The minimum atomic E-state index is -1.12. The Bertz CT molecular complexity index is 1430. The molecule has 0 radical (unpaired) electrons. The number of aryl methyl sites for hydroxylation is 1. The molecule has 0 aliphatic carbocycles. The van der Waals surface area contributed by atoms with Crippen LogP contribution in [0, 0.1) is 6.92 Å². The number of benzene rings is 3. The lowest BCUT2D eigenvalue weighted by Gasteiger charge is -2.50. The van der Waals surface area contributed by atoms with Gasteiger partial charge in [0.25, 0.3) is 17.7 Å². The lowest BCUT2D eigenvalue weighted by Crippen LogP contribution is -2.67. The van der Waals surface area contributed by atoms with E-state index in [1.165, 1.54) is 0 Å². The van der Waals surface area contributed by atoms with Crippen LogP contribution >= 0.6 is 78.3 Å². The van der Waals surface area contributed by atoms with E-state index in [9.17, 15) is 14.4 Å². The van der Waals surface area contributed by atoms with Gasteiger partial charge in [-0.25, -0.2) is 0 Å². The molecule has 3 aromatic carbocycles. The first-order valence-electron chi connectivity index (χ1n) is 10.1. The Balaban J connectivity index is 1.65. The number of halogens is 6. The highest BCUT2D eigenvalue weighted by Crippen LogP contribution is 2.49. The van der Waals surface area contributed by atoms with Crippen molar-refractivity contribution < 1.29 is 14.4 Å². The Kier molecular flexibility index (Phi) is 6.48. The first-order valence-corrected chi connectivity index (χ1v) is 13.2. The highest BCUT2D eigenvalue weighted by Gasteiger charge is 2.58. The molecule has 2 aliphatic heterocycles. The SMILES string of the molecule is Cc1cc(N2C(=O)[C@@H](N3C(=O)c4c(Cl)c(Cl)c(Cl)c(Cl)c4C3=O)[C@@H]2c2cccc(Br)c2)ccc1Br. The maximum absolute atomic E-state index is 13.6. The van der Waals surface area contributed by atoms with Gasteiger partial charge in [0.05, 0.1) is 37.3 Å². The van der Waals surface area contributed by atoms with Crippen LogP contribution in [-0.4, -0.2) is 28.7 Å². The zero-order chi connectivity index (χ0) is 25.3. The minimum Gasteiger partial charge on any atom is -0.300 e. The van der Waals surface area contributed by atoms with E-state index in [-0.39, 0.29) is 31.2 Å². The quantitative estimate of drug-likeness (QED) is 0.123. The van der Waals surface area contributed by atoms with Crippen LogP contribution in [0.3, 0.4) is 0 Å². The zero-order valence-corrected chi connectivity index (χ0v) is 23.8. The maximum atomic E-state index is 13.6. The van der Waals surface area contributed by atoms with E-state index < -0.39 is 29.8 Å². The molecule has 1 fully saturated rings. The number of β-lactam (4-membered cyclic amide) rings is 1. The fraction of sp³-hybridized carbons (Fsp3) is 0.125. The van der Waals surface area contributed by atoms with E-state index in [4.69, 9.17) is 46.4 Å². The van der Waals surface area contributed by atoms with Crippen LogP contribution in [-0.2, 0) is 4.79 Å². The van der Waals surface area contributed by atoms with Crippen molar-refractivity contribution in [2.75, 3.05) is 4.90 Å². The third-order valence-corrected chi connectivity index (χ3v) is 9.27. The summed E-state index contributed by atoms with van der Waals surface area (Å²) in [6.07, 6.45) is 0. The Labute approximate surface area is 237 Å².